The molecule has 0 bridgehead atoms. The summed E-state index contributed by atoms with van der Waals surface area (Å²) in [7, 11) is 0. The van der Waals surface area contributed by atoms with Gasteiger partial charge in [-0.1, -0.05) is 44.2 Å². The first-order chi connectivity index (χ1) is 8.00. The quantitative estimate of drug-likeness (QED) is 0.585. The summed E-state index contributed by atoms with van der Waals surface area (Å²) in [5, 5.41) is 11.6. The summed E-state index contributed by atoms with van der Waals surface area (Å²) in [5.41, 5.74) is 1.21. The Labute approximate surface area is 104 Å². The maximum absolute atomic E-state index is 9.84. The van der Waals surface area contributed by atoms with Gasteiger partial charge in [0.05, 0.1) is 12.1 Å². The smallest absolute Gasteiger partial charge is 0.0684 e. The highest BCUT2D eigenvalue weighted by Gasteiger charge is 2.21. The highest BCUT2D eigenvalue weighted by Crippen LogP contribution is 2.11. The lowest BCUT2D eigenvalue weighted by atomic mass is 10.0. The van der Waals surface area contributed by atoms with Gasteiger partial charge in [0, 0.05) is 6.54 Å². The predicted octanol–water partition coefficient (Wildman–Crippen LogP) is 1.81. The van der Waals surface area contributed by atoms with Crippen LogP contribution in [0.4, 0.5) is 0 Å². The molecule has 0 aromatic heterocycles. The predicted molar refractivity (Wildman–Crippen MR) is 71.3 cm³/mol. The van der Waals surface area contributed by atoms with E-state index in [1.807, 2.05) is 18.2 Å². The first kappa shape index (κ1) is 14.2. The molecule has 1 aromatic rings. The molecule has 1 rings (SSSR count). The molecular weight excluding hydrogens is 212 g/mol. The fourth-order valence-electron chi connectivity index (χ4n) is 1.98. The Morgan fingerprint density at radius 1 is 1.18 bits per heavy atom. The molecule has 0 fully saturated rings. The molecular formula is C14H24N2O. The van der Waals surface area contributed by atoms with Crippen LogP contribution in [0.2, 0.25) is 0 Å². The molecule has 0 saturated heterocycles. The zero-order valence-electron chi connectivity index (χ0n) is 11.0. The Morgan fingerprint density at radius 2 is 1.76 bits per heavy atom. The maximum Gasteiger partial charge on any atom is 0.0684 e. The SMILES string of the molecule is CC(C)CN(N)[C@@H](Cc1ccccc1)[C@H](C)O. The van der Waals surface area contributed by atoms with E-state index in [9.17, 15) is 5.11 Å². The topological polar surface area (TPSA) is 49.5 Å². The Kier molecular flexibility index (Phi) is 5.62. The Morgan fingerprint density at radius 3 is 2.24 bits per heavy atom. The van der Waals surface area contributed by atoms with Crippen LogP contribution in [0.5, 0.6) is 0 Å². The van der Waals surface area contributed by atoms with Crippen LogP contribution in [-0.4, -0.2) is 28.8 Å². The van der Waals surface area contributed by atoms with Gasteiger partial charge in [0.25, 0.3) is 0 Å². The fourth-order valence-corrected chi connectivity index (χ4v) is 1.98. The summed E-state index contributed by atoms with van der Waals surface area (Å²) >= 11 is 0. The van der Waals surface area contributed by atoms with Crippen LogP contribution in [-0.2, 0) is 6.42 Å². The van der Waals surface area contributed by atoms with E-state index in [4.69, 9.17) is 5.84 Å². The van der Waals surface area contributed by atoms with Crippen molar-refractivity contribution < 1.29 is 5.11 Å². The second-order valence-corrected chi connectivity index (χ2v) is 5.09. The van der Waals surface area contributed by atoms with Gasteiger partial charge in [0.15, 0.2) is 0 Å². The number of hydrazine groups is 1. The molecule has 96 valence electrons. The van der Waals surface area contributed by atoms with E-state index in [0.29, 0.717) is 5.92 Å². The molecule has 2 atom stereocenters. The molecule has 1 aromatic carbocycles. The Hall–Kier alpha value is -0.900. The number of aliphatic hydroxyl groups is 1. The van der Waals surface area contributed by atoms with Gasteiger partial charge in [-0.2, -0.15) is 0 Å². The third-order valence-corrected chi connectivity index (χ3v) is 2.85. The standard InChI is InChI=1S/C14H24N2O/c1-11(2)10-16(15)14(12(3)17)9-13-7-5-4-6-8-13/h4-8,11-12,14,17H,9-10,15H2,1-3H3/t12-,14-/m0/s1. The van der Waals surface area contributed by atoms with Crippen LogP contribution in [0, 0.1) is 5.92 Å². The monoisotopic (exact) mass is 236 g/mol. The van der Waals surface area contributed by atoms with Crippen LogP contribution in [0.15, 0.2) is 30.3 Å². The third-order valence-electron chi connectivity index (χ3n) is 2.85. The van der Waals surface area contributed by atoms with Crippen molar-refractivity contribution in [2.75, 3.05) is 6.54 Å². The van der Waals surface area contributed by atoms with E-state index < -0.39 is 6.10 Å². The summed E-state index contributed by atoms with van der Waals surface area (Å²) in [6, 6.07) is 10.1. The zero-order valence-corrected chi connectivity index (χ0v) is 11.0. The summed E-state index contributed by atoms with van der Waals surface area (Å²) in [6.45, 7) is 6.85. The fraction of sp³-hybridized carbons (Fsp3) is 0.571. The van der Waals surface area contributed by atoms with Gasteiger partial charge in [-0.15, -0.1) is 0 Å². The van der Waals surface area contributed by atoms with Crippen molar-refractivity contribution in [1.29, 1.82) is 0 Å². The highest BCUT2D eigenvalue weighted by molar-refractivity contribution is 5.16. The third kappa shape index (κ3) is 4.86. The summed E-state index contributed by atoms with van der Waals surface area (Å²) in [4.78, 5) is 0. The molecule has 0 radical (unpaired) electrons. The molecule has 0 heterocycles. The van der Waals surface area contributed by atoms with Gasteiger partial charge in [0.1, 0.15) is 0 Å². The minimum Gasteiger partial charge on any atom is -0.392 e. The van der Waals surface area contributed by atoms with Crippen molar-refractivity contribution in [2.45, 2.75) is 39.3 Å². The number of nitrogens with zero attached hydrogens (tertiary/aromatic N) is 1. The molecule has 0 unspecified atom stereocenters. The lowest BCUT2D eigenvalue weighted by molar-refractivity contribution is 0.0534. The number of nitrogens with two attached hydrogens (primary N) is 1. The number of aliphatic hydroxyl groups excluding tert-OH is 1. The normalized spacial score (nSPS) is 15.2. The molecule has 3 N–H and O–H groups in total. The molecule has 0 aliphatic rings. The van der Waals surface area contributed by atoms with E-state index >= 15 is 0 Å². The van der Waals surface area contributed by atoms with E-state index in [0.717, 1.165) is 13.0 Å². The van der Waals surface area contributed by atoms with E-state index in [1.54, 1.807) is 11.9 Å². The molecule has 17 heavy (non-hydrogen) atoms. The van der Waals surface area contributed by atoms with Crippen molar-refractivity contribution in [1.82, 2.24) is 5.01 Å². The van der Waals surface area contributed by atoms with Crippen LogP contribution in [0.1, 0.15) is 26.3 Å². The van der Waals surface area contributed by atoms with Crippen LogP contribution < -0.4 is 5.84 Å². The van der Waals surface area contributed by atoms with Crippen LogP contribution in [0.3, 0.4) is 0 Å². The number of benzene rings is 1. The lowest BCUT2D eigenvalue weighted by Gasteiger charge is -2.31. The van der Waals surface area contributed by atoms with Gasteiger partial charge < -0.3 is 5.11 Å². The largest absolute Gasteiger partial charge is 0.392 e. The highest BCUT2D eigenvalue weighted by atomic mass is 16.3. The number of hydrogen-bond donors (Lipinski definition) is 2. The van der Waals surface area contributed by atoms with Crippen molar-refractivity contribution in [3.05, 3.63) is 35.9 Å². The first-order valence-corrected chi connectivity index (χ1v) is 6.24. The Balaban J connectivity index is 2.66. The second kappa shape index (κ2) is 6.74. The number of rotatable bonds is 6. The molecule has 0 saturated carbocycles. The van der Waals surface area contributed by atoms with Gasteiger partial charge in [0.2, 0.25) is 0 Å². The Bertz CT molecular complexity index is 311. The van der Waals surface area contributed by atoms with Crippen molar-refractivity contribution in [3.63, 3.8) is 0 Å². The molecule has 3 nitrogen and oxygen atoms in total. The van der Waals surface area contributed by atoms with Gasteiger partial charge >= 0.3 is 0 Å². The average Bonchev–Trinajstić information content (AvgIpc) is 2.25. The molecule has 3 heteroatoms. The van der Waals surface area contributed by atoms with Crippen molar-refractivity contribution >= 4 is 0 Å². The van der Waals surface area contributed by atoms with Crippen molar-refractivity contribution in [3.8, 4) is 0 Å². The van der Waals surface area contributed by atoms with Gasteiger partial charge in [-0.3, -0.25) is 5.84 Å². The minimum absolute atomic E-state index is 0.0280. The lowest BCUT2D eigenvalue weighted by Crippen LogP contribution is -2.49. The molecule has 0 aliphatic carbocycles. The van der Waals surface area contributed by atoms with Gasteiger partial charge in [-0.25, -0.2) is 5.01 Å². The minimum atomic E-state index is -0.432. The first-order valence-electron chi connectivity index (χ1n) is 6.24. The van der Waals surface area contributed by atoms with Crippen LogP contribution >= 0.6 is 0 Å². The van der Waals surface area contributed by atoms with E-state index in [2.05, 4.69) is 26.0 Å². The average molecular weight is 236 g/mol. The van der Waals surface area contributed by atoms with Crippen LogP contribution in [0.25, 0.3) is 0 Å². The summed E-state index contributed by atoms with van der Waals surface area (Å²) < 4.78 is 0. The van der Waals surface area contributed by atoms with E-state index in [-0.39, 0.29) is 6.04 Å². The molecule has 0 amide bonds. The zero-order chi connectivity index (χ0) is 12.8. The molecule has 0 spiro atoms. The van der Waals surface area contributed by atoms with Gasteiger partial charge in [-0.05, 0) is 24.8 Å². The second-order valence-electron chi connectivity index (χ2n) is 5.09. The maximum atomic E-state index is 9.84. The van der Waals surface area contributed by atoms with Crippen molar-refractivity contribution in [2.24, 2.45) is 11.8 Å². The molecule has 0 aliphatic heterocycles. The number of hydrogen-bond acceptors (Lipinski definition) is 3. The van der Waals surface area contributed by atoms with E-state index in [1.165, 1.54) is 5.56 Å². The summed E-state index contributed by atoms with van der Waals surface area (Å²) in [5.74, 6) is 6.54. The summed E-state index contributed by atoms with van der Waals surface area (Å²) in [6.07, 6.45) is 0.348.